The first kappa shape index (κ1) is 13.4. The van der Waals surface area contributed by atoms with Crippen LogP contribution in [0.25, 0.3) is 0 Å². The molecule has 19 heavy (non-hydrogen) atoms. The summed E-state index contributed by atoms with van der Waals surface area (Å²) in [7, 11) is 1.36. The number of halogens is 1. The van der Waals surface area contributed by atoms with Crippen molar-refractivity contribution in [1.29, 1.82) is 0 Å². The average molecular weight is 277 g/mol. The van der Waals surface area contributed by atoms with Gasteiger partial charge in [0.1, 0.15) is 12.4 Å². The van der Waals surface area contributed by atoms with Crippen LogP contribution in [0.1, 0.15) is 15.9 Å². The molecule has 0 aliphatic carbocycles. The fraction of sp³-hybridized carbons (Fsp3) is 0.133. The normalized spacial score (nSPS) is 10.0. The molecule has 2 aromatic rings. The van der Waals surface area contributed by atoms with E-state index in [4.69, 9.17) is 16.3 Å². The van der Waals surface area contributed by atoms with Crippen molar-refractivity contribution < 1.29 is 14.3 Å². The lowest BCUT2D eigenvalue weighted by atomic mass is 10.1. The van der Waals surface area contributed by atoms with E-state index in [-0.39, 0.29) is 5.97 Å². The van der Waals surface area contributed by atoms with Gasteiger partial charge in [0.2, 0.25) is 0 Å². The summed E-state index contributed by atoms with van der Waals surface area (Å²) in [6.07, 6.45) is 0. The molecule has 0 fully saturated rings. The van der Waals surface area contributed by atoms with Crippen LogP contribution in [-0.2, 0) is 11.3 Å². The summed E-state index contributed by atoms with van der Waals surface area (Å²) < 4.78 is 10.3. The van der Waals surface area contributed by atoms with Crippen LogP contribution in [0.15, 0.2) is 48.5 Å². The van der Waals surface area contributed by atoms with Crippen molar-refractivity contribution >= 4 is 17.6 Å². The minimum atomic E-state index is -0.353. The number of carbonyl (C=O) groups is 1. The van der Waals surface area contributed by atoms with Gasteiger partial charge in [0, 0.05) is 5.02 Å². The molecule has 0 amide bonds. The van der Waals surface area contributed by atoms with Crippen LogP contribution < -0.4 is 4.74 Å². The van der Waals surface area contributed by atoms with Crippen LogP contribution in [-0.4, -0.2) is 13.1 Å². The highest BCUT2D eigenvalue weighted by Crippen LogP contribution is 2.17. The Balaban J connectivity index is 2.03. The zero-order chi connectivity index (χ0) is 13.7. The van der Waals surface area contributed by atoms with Gasteiger partial charge in [0.15, 0.2) is 0 Å². The molecule has 0 unspecified atom stereocenters. The minimum Gasteiger partial charge on any atom is -0.489 e. The standard InChI is InChI=1S/C15H13ClO3/c1-18-15(17)12-4-2-3-11(9-12)10-19-14-7-5-13(16)6-8-14/h2-9H,10H2,1H3. The molecule has 4 heteroatoms. The van der Waals surface area contributed by atoms with Crippen LogP contribution in [0, 0.1) is 0 Å². The van der Waals surface area contributed by atoms with Crippen molar-refractivity contribution in [1.82, 2.24) is 0 Å². The van der Waals surface area contributed by atoms with E-state index in [2.05, 4.69) is 4.74 Å². The molecule has 0 saturated heterocycles. The van der Waals surface area contributed by atoms with Crippen molar-refractivity contribution in [3.8, 4) is 5.75 Å². The Morgan fingerprint density at radius 1 is 1.16 bits per heavy atom. The van der Waals surface area contributed by atoms with E-state index in [1.165, 1.54) is 7.11 Å². The van der Waals surface area contributed by atoms with Gasteiger partial charge in [0.05, 0.1) is 12.7 Å². The highest BCUT2D eigenvalue weighted by atomic mass is 35.5. The van der Waals surface area contributed by atoms with E-state index in [1.807, 2.05) is 6.07 Å². The molecule has 0 heterocycles. The van der Waals surface area contributed by atoms with Crippen LogP contribution in [0.3, 0.4) is 0 Å². The molecular formula is C15H13ClO3. The maximum absolute atomic E-state index is 11.4. The Morgan fingerprint density at radius 2 is 1.89 bits per heavy atom. The maximum atomic E-state index is 11.4. The summed E-state index contributed by atoms with van der Waals surface area (Å²) in [6, 6.07) is 14.3. The second kappa shape index (κ2) is 6.25. The average Bonchev–Trinajstić information content (AvgIpc) is 2.46. The number of benzene rings is 2. The number of hydrogen-bond donors (Lipinski definition) is 0. The zero-order valence-corrected chi connectivity index (χ0v) is 11.2. The largest absolute Gasteiger partial charge is 0.489 e. The number of hydrogen-bond acceptors (Lipinski definition) is 3. The second-order valence-corrected chi connectivity index (χ2v) is 4.37. The van der Waals surface area contributed by atoms with Gasteiger partial charge >= 0.3 is 5.97 Å². The van der Waals surface area contributed by atoms with Crippen LogP contribution in [0.2, 0.25) is 5.02 Å². The smallest absolute Gasteiger partial charge is 0.337 e. The van der Waals surface area contributed by atoms with Gasteiger partial charge in [-0.05, 0) is 42.0 Å². The molecule has 0 N–H and O–H groups in total. The highest BCUT2D eigenvalue weighted by molar-refractivity contribution is 6.30. The molecule has 2 aromatic carbocycles. The van der Waals surface area contributed by atoms with Gasteiger partial charge in [0.25, 0.3) is 0 Å². The Labute approximate surface area is 116 Å². The summed E-state index contributed by atoms with van der Waals surface area (Å²) in [5.74, 6) is 0.376. The highest BCUT2D eigenvalue weighted by Gasteiger charge is 2.05. The SMILES string of the molecule is COC(=O)c1cccc(COc2ccc(Cl)cc2)c1. The molecule has 0 radical (unpaired) electrons. The molecule has 0 aliphatic rings. The molecule has 0 aromatic heterocycles. The van der Waals surface area contributed by atoms with Gasteiger partial charge in [-0.15, -0.1) is 0 Å². The van der Waals surface area contributed by atoms with Crippen LogP contribution >= 0.6 is 11.6 Å². The fourth-order valence-corrected chi connectivity index (χ4v) is 1.73. The number of rotatable bonds is 4. The summed E-state index contributed by atoms with van der Waals surface area (Å²) in [5, 5.41) is 0.667. The third kappa shape index (κ3) is 3.73. The van der Waals surface area contributed by atoms with Gasteiger partial charge in [-0.3, -0.25) is 0 Å². The lowest BCUT2D eigenvalue weighted by Crippen LogP contribution is -2.03. The van der Waals surface area contributed by atoms with Gasteiger partial charge in [-0.25, -0.2) is 4.79 Å². The lowest BCUT2D eigenvalue weighted by molar-refractivity contribution is 0.0600. The lowest BCUT2D eigenvalue weighted by Gasteiger charge is -2.07. The molecule has 0 aliphatic heterocycles. The first-order valence-corrected chi connectivity index (χ1v) is 6.12. The molecule has 0 bridgehead atoms. The first-order valence-electron chi connectivity index (χ1n) is 5.74. The van der Waals surface area contributed by atoms with Crippen LogP contribution in [0.4, 0.5) is 0 Å². The quantitative estimate of drug-likeness (QED) is 0.799. The van der Waals surface area contributed by atoms with E-state index in [0.29, 0.717) is 17.2 Å². The third-order valence-corrected chi connectivity index (χ3v) is 2.82. The summed E-state index contributed by atoms with van der Waals surface area (Å²) in [4.78, 5) is 11.4. The molecule has 0 spiro atoms. The molecular weight excluding hydrogens is 264 g/mol. The van der Waals surface area contributed by atoms with Crippen molar-refractivity contribution in [3.05, 3.63) is 64.7 Å². The van der Waals surface area contributed by atoms with Crippen molar-refractivity contribution in [3.63, 3.8) is 0 Å². The second-order valence-electron chi connectivity index (χ2n) is 3.93. The number of carbonyl (C=O) groups excluding carboxylic acids is 1. The zero-order valence-electron chi connectivity index (χ0n) is 10.4. The van der Waals surface area contributed by atoms with Gasteiger partial charge < -0.3 is 9.47 Å². The predicted octanol–water partition coefficient (Wildman–Crippen LogP) is 3.71. The van der Waals surface area contributed by atoms with E-state index in [9.17, 15) is 4.79 Å². The Hall–Kier alpha value is -2.00. The van der Waals surface area contributed by atoms with Crippen molar-refractivity contribution in [2.24, 2.45) is 0 Å². The summed E-state index contributed by atoms with van der Waals surface area (Å²) in [5.41, 5.74) is 1.41. The maximum Gasteiger partial charge on any atom is 0.337 e. The molecule has 0 saturated carbocycles. The monoisotopic (exact) mass is 276 g/mol. The molecule has 2 rings (SSSR count). The van der Waals surface area contributed by atoms with E-state index in [1.54, 1.807) is 42.5 Å². The minimum absolute atomic E-state index is 0.353. The molecule has 3 nitrogen and oxygen atoms in total. The van der Waals surface area contributed by atoms with E-state index >= 15 is 0 Å². The van der Waals surface area contributed by atoms with Crippen molar-refractivity contribution in [2.45, 2.75) is 6.61 Å². The Morgan fingerprint density at radius 3 is 2.58 bits per heavy atom. The van der Waals surface area contributed by atoms with Crippen molar-refractivity contribution in [2.75, 3.05) is 7.11 Å². The number of esters is 1. The number of ether oxygens (including phenoxy) is 2. The van der Waals surface area contributed by atoms with Gasteiger partial charge in [-0.1, -0.05) is 23.7 Å². The Kier molecular flexibility index (Phi) is 4.42. The third-order valence-electron chi connectivity index (χ3n) is 2.57. The first-order chi connectivity index (χ1) is 9.19. The fourth-order valence-electron chi connectivity index (χ4n) is 1.60. The summed E-state index contributed by atoms with van der Waals surface area (Å²) in [6.45, 7) is 0.381. The van der Waals surface area contributed by atoms with Gasteiger partial charge in [-0.2, -0.15) is 0 Å². The van der Waals surface area contributed by atoms with E-state index in [0.717, 1.165) is 11.3 Å². The number of methoxy groups -OCH3 is 1. The molecule has 98 valence electrons. The predicted molar refractivity (Wildman–Crippen MR) is 73.6 cm³/mol. The summed E-state index contributed by atoms with van der Waals surface area (Å²) >= 11 is 5.79. The van der Waals surface area contributed by atoms with Crippen LogP contribution in [0.5, 0.6) is 5.75 Å². The topological polar surface area (TPSA) is 35.5 Å². The molecule has 0 atom stereocenters. The Bertz CT molecular complexity index is 564. The van der Waals surface area contributed by atoms with E-state index < -0.39 is 0 Å².